The van der Waals surface area contributed by atoms with Gasteiger partial charge in [0.1, 0.15) is 0 Å². The number of benzene rings is 1. The van der Waals surface area contributed by atoms with Gasteiger partial charge in [-0.25, -0.2) is 0 Å². The second-order valence-corrected chi connectivity index (χ2v) is 9.00. The van der Waals surface area contributed by atoms with E-state index < -0.39 is 0 Å². The van der Waals surface area contributed by atoms with Crippen LogP contribution in [0, 0.1) is 5.41 Å². The maximum atomic E-state index is 13.1. The third kappa shape index (κ3) is 4.94. The van der Waals surface area contributed by atoms with Gasteiger partial charge in [-0.3, -0.25) is 4.79 Å². The van der Waals surface area contributed by atoms with E-state index in [-0.39, 0.29) is 6.04 Å². The van der Waals surface area contributed by atoms with Crippen LogP contribution < -0.4 is 10.6 Å². The van der Waals surface area contributed by atoms with Gasteiger partial charge in [0.2, 0.25) is 5.91 Å². The second kappa shape index (κ2) is 9.38. The largest absolute Gasteiger partial charge is 0.340 e. The molecule has 0 bridgehead atoms. The van der Waals surface area contributed by atoms with Crippen LogP contribution in [0.25, 0.3) is 0 Å². The van der Waals surface area contributed by atoms with Crippen molar-refractivity contribution < 1.29 is 4.79 Å². The number of nitrogens with zero attached hydrogens (tertiary/aromatic N) is 2. The molecule has 0 radical (unpaired) electrons. The average molecular weight is 385 g/mol. The first kappa shape index (κ1) is 19.9. The Morgan fingerprint density at radius 2 is 1.89 bits per heavy atom. The van der Waals surface area contributed by atoms with Crippen molar-refractivity contribution >= 4 is 5.91 Å². The smallest absolute Gasteiger partial charge is 0.239 e. The van der Waals surface area contributed by atoms with Gasteiger partial charge in [0.15, 0.2) is 0 Å². The van der Waals surface area contributed by atoms with E-state index in [2.05, 4.69) is 50.8 Å². The Morgan fingerprint density at radius 3 is 2.71 bits per heavy atom. The SMILES string of the molecule is O=C(C1CC2(CCNCC2)CN1)N1CCCN(CCCc2ccccc2)CC1. The first-order valence-corrected chi connectivity index (χ1v) is 11.2. The molecule has 3 aliphatic rings. The summed E-state index contributed by atoms with van der Waals surface area (Å²) in [6.07, 6.45) is 6.88. The number of carbonyl (C=O) groups is 1. The van der Waals surface area contributed by atoms with Crippen LogP contribution in [-0.4, -0.2) is 74.1 Å². The third-order valence-electron chi connectivity index (χ3n) is 7.01. The molecule has 3 fully saturated rings. The normalized spacial score (nSPS) is 25.7. The Labute approximate surface area is 169 Å². The van der Waals surface area contributed by atoms with Crippen molar-refractivity contribution in [3.63, 3.8) is 0 Å². The molecular weight excluding hydrogens is 348 g/mol. The van der Waals surface area contributed by atoms with E-state index in [0.29, 0.717) is 11.3 Å². The second-order valence-electron chi connectivity index (χ2n) is 9.00. The lowest BCUT2D eigenvalue weighted by molar-refractivity contribution is -0.133. The summed E-state index contributed by atoms with van der Waals surface area (Å²) in [6.45, 7) is 8.29. The topological polar surface area (TPSA) is 47.6 Å². The van der Waals surface area contributed by atoms with E-state index in [1.807, 2.05) is 0 Å². The van der Waals surface area contributed by atoms with E-state index in [9.17, 15) is 4.79 Å². The molecule has 0 aromatic heterocycles. The molecule has 1 atom stereocenters. The van der Waals surface area contributed by atoms with Crippen LogP contribution in [0.3, 0.4) is 0 Å². The lowest BCUT2D eigenvalue weighted by Gasteiger charge is -2.33. The van der Waals surface area contributed by atoms with Crippen molar-refractivity contribution in [2.75, 3.05) is 52.4 Å². The first-order chi connectivity index (χ1) is 13.7. The van der Waals surface area contributed by atoms with E-state index in [1.165, 1.54) is 24.8 Å². The predicted molar refractivity (Wildman–Crippen MR) is 113 cm³/mol. The molecule has 1 spiro atoms. The molecular formula is C23H36N4O. The molecule has 1 aromatic carbocycles. The fourth-order valence-corrected chi connectivity index (χ4v) is 5.22. The van der Waals surface area contributed by atoms with Gasteiger partial charge in [-0.2, -0.15) is 0 Å². The van der Waals surface area contributed by atoms with Crippen LogP contribution in [0.4, 0.5) is 0 Å². The van der Waals surface area contributed by atoms with Gasteiger partial charge in [-0.1, -0.05) is 30.3 Å². The highest BCUT2D eigenvalue weighted by Crippen LogP contribution is 2.37. The monoisotopic (exact) mass is 384 g/mol. The zero-order valence-corrected chi connectivity index (χ0v) is 17.2. The van der Waals surface area contributed by atoms with E-state index >= 15 is 0 Å². The molecule has 1 amide bonds. The molecule has 5 heteroatoms. The summed E-state index contributed by atoms with van der Waals surface area (Å²) >= 11 is 0. The van der Waals surface area contributed by atoms with Gasteiger partial charge >= 0.3 is 0 Å². The molecule has 0 saturated carbocycles. The van der Waals surface area contributed by atoms with Gasteiger partial charge in [0.05, 0.1) is 6.04 Å². The minimum Gasteiger partial charge on any atom is -0.340 e. The summed E-state index contributed by atoms with van der Waals surface area (Å²) in [6, 6.07) is 10.8. The summed E-state index contributed by atoms with van der Waals surface area (Å²) in [7, 11) is 0. The van der Waals surface area contributed by atoms with Gasteiger partial charge in [0.25, 0.3) is 0 Å². The first-order valence-electron chi connectivity index (χ1n) is 11.2. The lowest BCUT2D eigenvalue weighted by atomic mass is 9.77. The van der Waals surface area contributed by atoms with E-state index in [0.717, 1.165) is 71.6 Å². The maximum Gasteiger partial charge on any atom is 0.239 e. The van der Waals surface area contributed by atoms with Crippen LogP contribution in [-0.2, 0) is 11.2 Å². The van der Waals surface area contributed by atoms with Crippen molar-refractivity contribution in [1.82, 2.24) is 20.4 Å². The zero-order valence-electron chi connectivity index (χ0n) is 17.2. The van der Waals surface area contributed by atoms with Gasteiger partial charge in [-0.05, 0) is 75.7 Å². The average Bonchev–Trinajstić information content (AvgIpc) is 2.98. The Hall–Kier alpha value is -1.43. The van der Waals surface area contributed by atoms with Crippen molar-refractivity contribution in [3.05, 3.63) is 35.9 Å². The highest BCUT2D eigenvalue weighted by Gasteiger charge is 2.43. The van der Waals surface area contributed by atoms with Crippen LogP contribution in [0.1, 0.15) is 37.7 Å². The molecule has 3 heterocycles. The molecule has 3 aliphatic heterocycles. The Kier molecular flexibility index (Phi) is 6.65. The molecule has 154 valence electrons. The number of nitrogens with one attached hydrogen (secondary N) is 2. The van der Waals surface area contributed by atoms with Crippen molar-refractivity contribution in [2.45, 2.75) is 44.6 Å². The van der Waals surface area contributed by atoms with Crippen molar-refractivity contribution in [1.29, 1.82) is 0 Å². The Balaban J connectivity index is 1.22. The molecule has 0 aliphatic carbocycles. The van der Waals surface area contributed by atoms with E-state index in [4.69, 9.17) is 0 Å². The molecule has 4 rings (SSSR count). The molecule has 5 nitrogen and oxygen atoms in total. The third-order valence-corrected chi connectivity index (χ3v) is 7.01. The minimum absolute atomic E-state index is 0.0442. The maximum absolute atomic E-state index is 13.1. The summed E-state index contributed by atoms with van der Waals surface area (Å²) in [5.41, 5.74) is 1.79. The fourth-order valence-electron chi connectivity index (χ4n) is 5.22. The quantitative estimate of drug-likeness (QED) is 0.814. The summed E-state index contributed by atoms with van der Waals surface area (Å²) in [5, 5.41) is 7.02. The molecule has 28 heavy (non-hydrogen) atoms. The summed E-state index contributed by atoms with van der Waals surface area (Å²) in [5.74, 6) is 0.349. The molecule has 2 N–H and O–H groups in total. The predicted octanol–water partition coefficient (Wildman–Crippen LogP) is 1.89. The number of hydrogen-bond donors (Lipinski definition) is 2. The van der Waals surface area contributed by atoms with Crippen LogP contribution >= 0.6 is 0 Å². The number of hydrogen-bond acceptors (Lipinski definition) is 4. The fraction of sp³-hybridized carbons (Fsp3) is 0.696. The van der Waals surface area contributed by atoms with Crippen molar-refractivity contribution in [3.8, 4) is 0 Å². The molecule has 1 aromatic rings. The highest BCUT2D eigenvalue weighted by molar-refractivity contribution is 5.82. The van der Waals surface area contributed by atoms with Gasteiger partial charge in [0, 0.05) is 26.2 Å². The van der Waals surface area contributed by atoms with Gasteiger partial charge in [-0.15, -0.1) is 0 Å². The van der Waals surface area contributed by atoms with Crippen LogP contribution in [0.15, 0.2) is 30.3 Å². The lowest BCUT2D eigenvalue weighted by Crippen LogP contribution is -2.45. The van der Waals surface area contributed by atoms with Crippen molar-refractivity contribution in [2.24, 2.45) is 5.41 Å². The van der Waals surface area contributed by atoms with Crippen LogP contribution in [0.2, 0.25) is 0 Å². The Bertz CT molecular complexity index is 629. The summed E-state index contributed by atoms with van der Waals surface area (Å²) < 4.78 is 0. The van der Waals surface area contributed by atoms with Crippen LogP contribution in [0.5, 0.6) is 0 Å². The Morgan fingerprint density at radius 1 is 1.07 bits per heavy atom. The van der Waals surface area contributed by atoms with E-state index in [1.54, 1.807) is 0 Å². The number of rotatable bonds is 5. The zero-order chi connectivity index (χ0) is 19.2. The molecule has 1 unspecified atom stereocenters. The number of carbonyl (C=O) groups excluding carboxylic acids is 1. The highest BCUT2D eigenvalue weighted by atomic mass is 16.2. The summed E-state index contributed by atoms with van der Waals surface area (Å²) in [4.78, 5) is 17.8. The standard InChI is InChI=1S/C23H36N4O/c28-22(21-18-23(19-25-21)9-11-24-12-10-23)27-15-5-14-26(16-17-27)13-4-8-20-6-2-1-3-7-20/h1-3,6-7,21,24-25H,4-5,8-19H2. The number of amides is 1. The number of piperidine rings is 1. The minimum atomic E-state index is 0.0442. The molecule has 3 saturated heterocycles. The van der Waals surface area contributed by atoms with Gasteiger partial charge < -0.3 is 20.4 Å². The number of aryl methyl sites for hydroxylation is 1.